The maximum atomic E-state index is 12.1. The van der Waals surface area contributed by atoms with Crippen molar-refractivity contribution in [1.29, 1.82) is 0 Å². The van der Waals surface area contributed by atoms with Crippen LogP contribution in [0.5, 0.6) is 5.75 Å². The number of hydrogen-bond acceptors (Lipinski definition) is 1. The van der Waals surface area contributed by atoms with E-state index in [1.54, 1.807) is 12.1 Å². The molecular formula is C20H23F3O. The van der Waals surface area contributed by atoms with E-state index < -0.39 is 6.36 Å². The minimum absolute atomic E-state index is 0.178. The molecule has 130 valence electrons. The number of halogens is 3. The standard InChI is InChI=1S/C20H23F3O/c1-2-3-4-5-16-6-8-17(9-7-16)10-11-18-12-14-19(15-13-18)24-20(21,22)23/h6-9,12-15H,2-5,10-11H2,1H3. The molecule has 0 N–H and O–H groups in total. The highest BCUT2D eigenvalue weighted by atomic mass is 19.4. The number of rotatable bonds is 8. The van der Waals surface area contributed by atoms with Gasteiger partial charge in [0, 0.05) is 0 Å². The van der Waals surface area contributed by atoms with Crippen LogP contribution in [0.2, 0.25) is 0 Å². The Hall–Kier alpha value is -1.97. The van der Waals surface area contributed by atoms with E-state index in [0.717, 1.165) is 24.8 Å². The molecule has 0 aromatic heterocycles. The Morgan fingerprint density at radius 3 is 1.62 bits per heavy atom. The van der Waals surface area contributed by atoms with E-state index in [1.165, 1.54) is 42.5 Å². The van der Waals surface area contributed by atoms with Crippen molar-refractivity contribution in [3.05, 3.63) is 65.2 Å². The molecule has 1 nitrogen and oxygen atoms in total. The van der Waals surface area contributed by atoms with E-state index in [9.17, 15) is 13.2 Å². The quantitative estimate of drug-likeness (QED) is 0.529. The van der Waals surface area contributed by atoms with Gasteiger partial charge in [0.1, 0.15) is 5.75 Å². The molecular weight excluding hydrogens is 313 g/mol. The number of hydrogen-bond donors (Lipinski definition) is 0. The fourth-order valence-corrected chi connectivity index (χ4v) is 2.60. The van der Waals surface area contributed by atoms with Crippen LogP contribution in [-0.2, 0) is 19.3 Å². The molecule has 2 aromatic rings. The van der Waals surface area contributed by atoms with Crippen LogP contribution in [0, 0.1) is 0 Å². The third kappa shape index (κ3) is 6.65. The second-order valence-electron chi connectivity index (χ2n) is 5.97. The first-order valence-corrected chi connectivity index (χ1v) is 8.39. The second-order valence-corrected chi connectivity index (χ2v) is 5.97. The van der Waals surface area contributed by atoms with Crippen LogP contribution in [0.1, 0.15) is 42.9 Å². The van der Waals surface area contributed by atoms with Crippen molar-refractivity contribution in [3.8, 4) is 5.75 Å². The van der Waals surface area contributed by atoms with E-state index >= 15 is 0 Å². The molecule has 2 aromatic carbocycles. The van der Waals surface area contributed by atoms with Crippen LogP contribution in [0.15, 0.2) is 48.5 Å². The third-order valence-electron chi connectivity index (χ3n) is 3.95. The largest absolute Gasteiger partial charge is 0.573 e. The molecule has 0 spiro atoms. The van der Waals surface area contributed by atoms with Crippen molar-refractivity contribution in [2.75, 3.05) is 0 Å². The highest BCUT2D eigenvalue weighted by Crippen LogP contribution is 2.23. The average Bonchev–Trinajstić information content (AvgIpc) is 2.54. The highest BCUT2D eigenvalue weighted by molar-refractivity contribution is 5.29. The van der Waals surface area contributed by atoms with E-state index in [1.807, 2.05) is 0 Å². The number of unbranched alkanes of at least 4 members (excludes halogenated alkanes) is 2. The zero-order valence-electron chi connectivity index (χ0n) is 13.9. The summed E-state index contributed by atoms with van der Waals surface area (Å²) >= 11 is 0. The van der Waals surface area contributed by atoms with Gasteiger partial charge in [0.2, 0.25) is 0 Å². The minimum atomic E-state index is -4.64. The van der Waals surface area contributed by atoms with Crippen molar-refractivity contribution in [3.63, 3.8) is 0 Å². The van der Waals surface area contributed by atoms with Gasteiger partial charge in [0.25, 0.3) is 0 Å². The van der Waals surface area contributed by atoms with Crippen LogP contribution < -0.4 is 4.74 Å². The summed E-state index contributed by atoms with van der Waals surface area (Å²) in [5.74, 6) is -0.178. The van der Waals surface area contributed by atoms with E-state index in [-0.39, 0.29) is 5.75 Å². The average molecular weight is 336 g/mol. The maximum absolute atomic E-state index is 12.1. The van der Waals surface area contributed by atoms with Gasteiger partial charge in [-0.2, -0.15) is 0 Å². The molecule has 0 aliphatic heterocycles. The number of benzene rings is 2. The van der Waals surface area contributed by atoms with Crippen LogP contribution >= 0.6 is 0 Å². The van der Waals surface area contributed by atoms with Gasteiger partial charge in [-0.1, -0.05) is 56.2 Å². The van der Waals surface area contributed by atoms with Crippen LogP contribution in [0.25, 0.3) is 0 Å². The van der Waals surface area contributed by atoms with Gasteiger partial charge < -0.3 is 4.74 Å². The first-order chi connectivity index (χ1) is 11.5. The molecule has 0 unspecified atom stereocenters. The molecule has 0 amide bonds. The lowest BCUT2D eigenvalue weighted by Gasteiger charge is -2.09. The van der Waals surface area contributed by atoms with Crippen molar-refractivity contribution in [2.24, 2.45) is 0 Å². The monoisotopic (exact) mass is 336 g/mol. The van der Waals surface area contributed by atoms with Gasteiger partial charge in [0.15, 0.2) is 0 Å². The highest BCUT2D eigenvalue weighted by Gasteiger charge is 2.30. The molecule has 4 heteroatoms. The molecule has 0 saturated carbocycles. The lowest BCUT2D eigenvalue weighted by Crippen LogP contribution is -2.17. The summed E-state index contributed by atoms with van der Waals surface area (Å²) in [7, 11) is 0. The van der Waals surface area contributed by atoms with Crippen molar-refractivity contribution >= 4 is 0 Å². The fourth-order valence-electron chi connectivity index (χ4n) is 2.60. The summed E-state index contributed by atoms with van der Waals surface area (Å²) in [6.07, 6.45) is 1.86. The van der Waals surface area contributed by atoms with Crippen molar-refractivity contribution in [2.45, 2.75) is 51.8 Å². The van der Waals surface area contributed by atoms with Gasteiger partial charge in [-0.05, 0) is 54.5 Å². The van der Waals surface area contributed by atoms with Crippen molar-refractivity contribution < 1.29 is 17.9 Å². The summed E-state index contributed by atoms with van der Waals surface area (Å²) in [5.41, 5.74) is 3.60. The van der Waals surface area contributed by atoms with Gasteiger partial charge in [-0.25, -0.2) is 0 Å². The smallest absolute Gasteiger partial charge is 0.406 e. The first kappa shape index (κ1) is 18.4. The Bertz CT molecular complexity index is 600. The fraction of sp³-hybridized carbons (Fsp3) is 0.400. The lowest BCUT2D eigenvalue weighted by molar-refractivity contribution is -0.274. The molecule has 24 heavy (non-hydrogen) atoms. The Morgan fingerprint density at radius 1 is 0.708 bits per heavy atom. The summed E-state index contributed by atoms with van der Waals surface area (Å²) in [6.45, 7) is 2.20. The Morgan fingerprint density at radius 2 is 1.17 bits per heavy atom. The van der Waals surface area contributed by atoms with Crippen LogP contribution in [-0.4, -0.2) is 6.36 Å². The van der Waals surface area contributed by atoms with Gasteiger partial charge >= 0.3 is 6.36 Å². The van der Waals surface area contributed by atoms with Crippen LogP contribution in [0.4, 0.5) is 13.2 Å². The zero-order chi connectivity index (χ0) is 17.4. The molecule has 0 aliphatic rings. The SMILES string of the molecule is CCCCCc1ccc(CCc2ccc(OC(F)(F)F)cc2)cc1. The topological polar surface area (TPSA) is 9.23 Å². The second kappa shape index (κ2) is 8.76. The lowest BCUT2D eigenvalue weighted by atomic mass is 10.0. The summed E-state index contributed by atoms with van der Waals surface area (Å²) in [6, 6.07) is 14.7. The molecule has 0 aliphatic carbocycles. The zero-order valence-corrected chi connectivity index (χ0v) is 13.9. The normalized spacial score (nSPS) is 11.5. The Kier molecular flexibility index (Phi) is 6.71. The first-order valence-electron chi connectivity index (χ1n) is 8.39. The third-order valence-corrected chi connectivity index (χ3v) is 3.95. The number of aryl methyl sites for hydroxylation is 3. The van der Waals surface area contributed by atoms with E-state index in [4.69, 9.17) is 0 Å². The summed E-state index contributed by atoms with van der Waals surface area (Å²) in [5, 5.41) is 0. The molecule has 0 radical (unpaired) electrons. The number of alkyl halides is 3. The molecule has 0 fully saturated rings. The minimum Gasteiger partial charge on any atom is -0.406 e. The molecule has 2 rings (SSSR count). The Balaban J connectivity index is 1.82. The Labute approximate surface area is 141 Å². The predicted octanol–water partition coefficient (Wildman–Crippen LogP) is 6.10. The van der Waals surface area contributed by atoms with Gasteiger partial charge in [0.05, 0.1) is 0 Å². The molecule has 0 atom stereocenters. The van der Waals surface area contributed by atoms with E-state index in [0.29, 0.717) is 0 Å². The molecule has 0 heterocycles. The summed E-state index contributed by atoms with van der Waals surface area (Å²) in [4.78, 5) is 0. The van der Waals surface area contributed by atoms with Gasteiger partial charge in [-0.3, -0.25) is 0 Å². The van der Waals surface area contributed by atoms with Crippen LogP contribution in [0.3, 0.4) is 0 Å². The van der Waals surface area contributed by atoms with Gasteiger partial charge in [-0.15, -0.1) is 13.2 Å². The molecule has 0 saturated heterocycles. The number of ether oxygens (including phenoxy) is 1. The predicted molar refractivity (Wildman–Crippen MR) is 90.2 cm³/mol. The van der Waals surface area contributed by atoms with E-state index in [2.05, 4.69) is 35.9 Å². The van der Waals surface area contributed by atoms with Crippen molar-refractivity contribution in [1.82, 2.24) is 0 Å². The maximum Gasteiger partial charge on any atom is 0.573 e. The summed E-state index contributed by atoms with van der Waals surface area (Å²) < 4.78 is 40.2. The molecule has 0 bridgehead atoms.